The van der Waals surface area contributed by atoms with Crippen molar-refractivity contribution in [3.05, 3.63) is 71.5 Å². The number of hydrogen-bond acceptors (Lipinski definition) is 5. The minimum Gasteiger partial charge on any atom is -0.349 e. The number of halogens is 1. The van der Waals surface area contributed by atoms with Crippen molar-refractivity contribution >= 4 is 46.5 Å². The number of aromatic amines is 1. The van der Waals surface area contributed by atoms with Crippen molar-refractivity contribution < 1.29 is 4.57 Å². The molecular weight excluding hydrogens is 467 g/mol. The number of hydrogen-bond donors (Lipinski definition) is 1. The van der Waals surface area contributed by atoms with Crippen LogP contribution >= 0.6 is 18.7 Å². The van der Waals surface area contributed by atoms with Crippen LogP contribution in [0, 0.1) is 0 Å². The molecule has 0 saturated carbocycles. The van der Waals surface area contributed by atoms with Gasteiger partial charge in [0.15, 0.2) is 5.65 Å². The summed E-state index contributed by atoms with van der Waals surface area (Å²) in [7, 11) is -2.36. The van der Waals surface area contributed by atoms with Gasteiger partial charge < -0.3 is 14.4 Å². The zero-order chi connectivity index (χ0) is 23.4. The fourth-order valence-corrected chi connectivity index (χ4v) is 5.82. The Morgan fingerprint density at radius 3 is 2.82 bits per heavy atom. The van der Waals surface area contributed by atoms with Crippen LogP contribution in [0.1, 0.15) is 24.4 Å². The van der Waals surface area contributed by atoms with Crippen molar-refractivity contribution in [2.24, 2.45) is 0 Å². The van der Waals surface area contributed by atoms with Gasteiger partial charge in [-0.15, -0.1) is 0 Å². The average Bonchev–Trinajstić information content (AvgIpc) is 3.54. The number of anilines is 1. The van der Waals surface area contributed by atoms with Gasteiger partial charge in [0.25, 0.3) is 0 Å². The van der Waals surface area contributed by atoms with E-state index in [4.69, 9.17) is 21.6 Å². The van der Waals surface area contributed by atoms with E-state index < -0.39 is 7.14 Å². The Morgan fingerprint density at radius 1 is 1.12 bits per heavy atom. The lowest BCUT2D eigenvalue weighted by molar-refractivity contribution is 0.588. The van der Waals surface area contributed by atoms with Gasteiger partial charge in [-0.25, -0.2) is 14.5 Å². The SMILES string of the molecule is CP(C)(=O)c1ccc2nc(-c3cnn4ccc(N5CCCC5c5cccc(Cl)c5)nc34)[nH]c2c1. The molecule has 0 aliphatic carbocycles. The number of H-pyrrole nitrogens is 1. The first kappa shape index (κ1) is 21.4. The number of fused-ring (bicyclic) bond motifs is 2. The van der Waals surface area contributed by atoms with Gasteiger partial charge in [0.05, 0.1) is 28.8 Å². The maximum Gasteiger partial charge on any atom is 0.168 e. The van der Waals surface area contributed by atoms with E-state index in [1.807, 2.05) is 48.7 Å². The Balaban J connectivity index is 1.41. The third-order valence-corrected chi connectivity index (χ3v) is 8.23. The largest absolute Gasteiger partial charge is 0.349 e. The van der Waals surface area contributed by atoms with Crippen molar-refractivity contribution in [1.82, 2.24) is 24.6 Å². The average molecular weight is 491 g/mol. The van der Waals surface area contributed by atoms with Crippen LogP contribution in [-0.2, 0) is 4.57 Å². The Hall–Kier alpha value is -3.15. The van der Waals surface area contributed by atoms with Gasteiger partial charge in [0.1, 0.15) is 18.8 Å². The topological polar surface area (TPSA) is 79.2 Å². The lowest BCUT2D eigenvalue weighted by Crippen LogP contribution is -2.23. The first-order chi connectivity index (χ1) is 16.4. The molecule has 0 radical (unpaired) electrons. The molecule has 5 aromatic rings. The van der Waals surface area contributed by atoms with Crippen LogP contribution < -0.4 is 10.2 Å². The summed E-state index contributed by atoms with van der Waals surface area (Å²) < 4.78 is 14.3. The van der Waals surface area contributed by atoms with E-state index in [1.165, 1.54) is 5.56 Å². The van der Waals surface area contributed by atoms with E-state index in [9.17, 15) is 4.57 Å². The molecule has 172 valence electrons. The van der Waals surface area contributed by atoms with Gasteiger partial charge in [0, 0.05) is 23.1 Å². The number of nitrogens with zero attached hydrogens (tertiary/aromatic N) is 5. The molecule has 9 heteroatoms. The van der Waals surface area contributed by atoms with Crippen LogP contribution in [0.4, 0.5) is 5.82 Å². The van der Waals surface area contributed by atoms with Gasteiger partial charge in [-0.3, -0.25) is 0 Å². The second kappa shape index (κ2) is 7.97. The highest BCUT2D eigenvalue weighted by atomic mass is 35.5. The molecule has 1 unspecified atom stereocenters. The Bertz CT molecular complexity index is 1590. The summed E-state index contributed by atoms with van der Waals surface area (Å²) in [5.74, 6) is 1.61. The fourth-order valence-electron chi connectivity index (χ4n) is 4.75. The third-order valence-electron chi connectivity index (χ3n) is 6.48. The van der Waals surface area contributed by atoms with E-state index in [-0.39, 0.29) is 6.04 Å². The van der Waals surface area contributed by atoms with Crippen molar-refractivity contribution in [3.63, 3.8) is 0 Å². The van der Waals surface area contributed by atoms with Crippen molar-refractivity contribution in [1.29, 1.82) is 0 Å². The minimum absolute atomic E-state index is 0.239. The van der Waals surface area contributed by atoms with Gasteiger partial charge in [-0.1, -0.05) is 23.7 Å². The quantitative estimate of drug-likeness (QED) is 0.336. The molecule has 6 rings (SSSR count). The highest BCUT2D eigenvalue weighted by Crippen LogP contribution is 2.37. The Labute approximate surface area is 202 Å². The molecule has 0 bridgehead atoms. The van der Waals surface area contributed by atoms with E-state index in [0.29, 0.717) is 5.82 Å². The Kier molecular flexibility index (Phi) is 5.01. The molecule has 2 aromatic carbocycles. The predicted octanol–water partition coefficient (Wildman–Crippen LogP) is 5.52. The van der Waals surface area contributed by atoms with Gasteiger partial charge in [-0.05, 0) is 68.1 Å². The van der Waals surface area contributed by atoms with E-state index in [2.05, 4.69) is 21.0 Å². The molecule has 3 aromatic heterocycles. The normalized spacial score (nSPS) is 16.7. The fraction of sp³-hybridized carbons (Fsp3) is 0.240. The summed E-state index contributed by atoms with van der Waals surface area (Å²) >= 11 is 6.27. The summed E-state index contributed by atoms with van der Waals surface area (Å²) in [6, 6.07) is 16.1. The second-order valence-electron chi connectivity index (χ2n) is 9.16. The number of imidazole rings is 1. The highest BCUT2D eigenvalue weighted by molar-refractivity contribution is 7.70. The number of aromatic nitrogens is 5. The molecule has 34 heavy (non-hydrogen) atoms. The van der Waals surface area contributed by atoms with E-state index in [1.54, 1.807) is 24.0 Å². The molecule has 1 atom stereocenters. The molecule has 1 aliphatic heterocycles. The zero-order valence-electron chi connectivity index (χ0n) is 18.9. The summed E-state index contributed by atoms with van der Waals surface area (Å²) in [6.07, 6.45) is 5.89. The van der Waals surface area contributed by atoms with Gasteiger partial charge >= 0.3 is 0 Å². The minimum atomic E-state index is -2.36. The van der Waals surface area contributed by atoms with Crippen LogP contribution in [0.15, 0.2) is 60.9 Å². The molecule has 0 spiro atoms. The Morgan fingerprint density at radius 2 is 2.00 bits per heavy atom. The van der Waals surface area contributed by atoms with E-state index in [0.717, 1.165) is 57.8 Å². The number of benzene rings is 2. The lowest BCUT2D eigenvalue weighted by Gasteiger charge is -2.26. The van der Waals surface area contributed by atoms with Crippen molar-refractivity contribution in [2.75, 3.05) is 24.8 Å². The molecule has 0 amide bonds. The van der Waals surface area contributed by atoms with Crippen molar-refractivity contribution in [3.8, 4) is 11.4 Å². The summed E-state index contributed by atoms with van der Waals surface area (Å²) in [4.78, 5) is 15.5. The predicted molar refractivity (Wildman–Crippen MR) is 138 cm³/mol. The molecule has 4 heterocycles. The monoisotopic (exact) mass is 490 g/mol. The summed E-state index contributed by atoms with van der Waals surface area (Å²) in [5, 5.41) is 6.07. The summed E-state index contributed by atoms with van der Waals surface area (Å²) in [6.45, 7) is 4.49. The number of rotatable bonds is 4. The molecule has 1 saturated heterocycles. The van der Waals surface area contributed by atoms with Crippen LogP contribution in [0.25, 0.3) is 28.1 Å². The lowest BCUT2D eigenvalue weighted by atomic mass is 10.0. The van der Waals surface area contributed by atoms with Gasteiger partial charge in [-0.2, -0.15) is 5.10 Å². The smallest absolute Gasteiger partial charge is 0.168 e. The molecule has 1 N–H and O–H groups in total. The number of nitrogens with one attached hydrogen (secondary N) is 1. The third kappa shape index (κ3) is 3.69. The van der Waals surface area contributed by atoms with Crippen molar-refractivity contribution in [2.45, 2.75) is 18.9 Å². The first-order valence-electron chi connectivity index (χ1n) is 11.3. The molecule has 7 nitrogen and oxygen atoms in total. The van der Waals surface area contributed by atoms with Gasteiger partial charge in [0.2, 0.25) is 0 Å². The highest BCUT2D eigenvalue weighted by Gasteiger charge is 2.28. The first-order valence-corrected chi connectivity index (χ1v) is 14.3. The van der Waals surface area contributed by atoms with Crippen LogP contribution in [-0.4, -0.2) is 44.4 Å². The molecule has 1 fully saturated rings. The molecule has 1 aliphatic rings. The van der Waals surface area contributed by atoms with E-state index >= 15 is 0 Å². The standard InChI is InChI=1S/C25H24ClN6OP/c1-34(2,33)18-8-9-20-21(14-18)29-24(28-20)19-15-27-32-12-10-23(30-25(19)32)31-11-4-7-22(31)16-5-3-6-17(26)13-16/h3,5-6,8-10,12-15,22H,4,7,11H2,1-2H3,(H,28,29). The second-order valence-corrected chi connectivity index (χ2v) is 12.8. The van der Waals surface area contributed by atoms with Crippen LogP contribution in [0.3, 0.4) is 0 Å². The maximum atomic E-state index is 12.5. The molecular formula is C25H24ClN6OP. The summed E-state index contributed by atoms with van der Waals surface area (Å²) in [5.41, 5.74) is 4.45. The van der Waals surface area contributed by atoms with Crippen LogP contribution in [0.5, 0.6) is 0 Å². The zero-order valence-corrected chi connectivity index (χ0v) is 20.6. The van der Waals surface area contributed by atoms with Crippen LogP contribution in [0.2, 0.25) is 5.02 Å². The maximum absolute atomic E-state index is 12.5.